The molecular formula is C11H19N3O. The molecule has 2 aliphatic carbocycles. The number of ether oxygens (including phenoxy) is 1. The van der Waals surface area contributed by atoms with Crippen LogP contribution in [0.5, 0.6) is 0 Å². The Morgan fingerprint density at radius 1 is 1.40 bits per heavy atom. The average molecular weight is 209 g/mol. The highest BCUT2D eigenvalue weighted by atomic mass is 16.5. The highest BCUT2D eigenvalue weighted by Crippen LogP contribution is 2.50. The molecule has 2 aliphatic rings. The van der Waals surface area contributed by atoms with Gasteiger partial charge >= 0.3 is 0 Å². The molecule has 2 saturated carbocycles. The van der Waals surface area contributed by atoms with Crippen LogP contribution >= 0.6 is 0 Å². The Bertz CT molecular complexity index is 272. The summed E-state index contributed by atoms with van der Waals surface area (Å²) in [6.07, 6.45) is 4.88. The lowest BCUT2D eigenvalue weighted by atomic mass is 9.97. The molecule has 0 amide bonds. The topological polar surface area (TPSA) is 58.0 Å². The quantitative estimate of drug-likeness (QED) is 0.399. The van der Waals surface area contributed by atoms with Crippen molar-refractivity contribution in [1.82, 2.24) is 0 Å². The Labute approximate surface area is 90.6 Å². The molecule has 15 heavy (non-hydrogen) atoms. The van der Waals surface area contributed by atoms with Crippen molar-refractivity contribution in [3.05, 3.63) is 10.4 Å². The van der Waals surface area contributed by atoms with Crippen molar-refractivity contribution in [2.45, 2.75) is 51.2 Å². The predicted octanol–water partition coefficient (Wildman–Crippen LogP) is 3.28. The van der Waals surface area contributed by atoms with E-state index in [4.69, 9.17) is 10.3 Å². The smallest absolute Gasteiger partial charge is 0.0580 e. The van der Waals surface area contributed by atoms with Gasteiger partial charge in [0.25, 0.3) is 0 Å². The highest BCUT2D eigenvalue weighted by Gasteiger charge is 2.46. The highest BCUT2D eigenvalue weighted by molar-refractivity contribution is 5.02. The largest absolute Gasteiger partial charge is 0.378 e. The van der Waals surface area contributed by atoms with Crippen LogP contribution in [0, 0.1) is 11.8 Å². The molecule has 0 radical (unpaired) electrons. The summed E-state index contributed by atoms with van der Waals surface area (Å²) in [6.45, 7) is 4.95. The first-order chi connectivity index (χ1) is 7.17. The zero-order chi connectivity index (χ0) is 10.9. The van der Waals surface area contributed by atoms with Crippen LogP contribution in [0.15, 0.2) is 5.11 Å². The van der Waals surface area contributed by atoms with Crippen LogP contribution in [0.2, 0.25) is 0 Å². The van der Waals surface area contributed by atoms with E-state index in [2.05, 4.69) is 23.9 Å². The second-order valence-corrected chi connectivity index (χ2v) is 5.16. The zero-order valence-electron chi connectivity index (χ0n) is 9.52. The van der Waals surface area contributed by atoms with E-state index < -0.39 is 0 Å². The van der Waals surface area contributed by atoms with Crippen LogP contribution in [-0.4, -0.2) is 18.2 Å². The fourth-order valence-electron chi connectivity index (χ4n) is 3.43. The zero-order valence-corrected chi connectivity index (χ0v) is 9.52. The minimum Gasteiger partial charge on any atom is -0.378 e. The third-order valence-electron chi connectivity index (χ3n) is 3.89. The minimum absolute atomic E-state index is 0.124. The first-order valence-corrected chi connectivity index (χ1v) is 5.85. The lowest BCUT2D eigenvalue weighted by molar-refractivity contribution is 0.0605. The third-order valence-corrected chi connectivity index (χ3v) is 3.89. The van der Waals surface area contributed by atoms with E-state index >= 15 is 0 Å². The van der Waals surface area contributed by atoms with Crippen molar-refractivity contribution in [3.8, 4) is 0 Å². The van der Waals surface area contributed by atoms with Crippen LogP contribution in [0.1, 0.15) is 39.5 Å². The molecule has 2 fully saturated rings. The number of azide groups is 1. The lowest BCUT2D eigenvalue weighted by Crippen LogP contribution is -2.19. The molecule has 0 bridgehead atoms. The molecule has 4 heteroatoms. The number of fused-ring (bicyclic) bond motifs is 1. The number of hydrogen-bond donors (Lipinski definition) is 0. The van der Waals surface area contributed by atoms with Gasteiger partial charge < -0.3 is 4.74 Å². The maximum atomic E-state index is 8.52. The van der Waals surface area contributed by atoms with E-state index in [1.165, 1.54) is 0 Å². The van der Waals surface area contributed by atoms with E-state index in [-0.39, 0.29) is 5.54 Å². The second-order valence-electron chi connectivity index (χ2n) is 5.16. The molecule has 0 saturated heterocycles. The van der Waals surface area contributed by atoms with Gasteiger partial charge in [0.2, 0.25) is 0 Å². The Hall–Kier alpha value is -0.730. The van der Waals surface area contributed by atoms with Crippen molar-refractivity contribution >= 4 is 0 Å². The van der Waals surface area contributed by atoms with Gasteiger partial charge in [-0.2, -0.15) is 0 Å². The standard InChI is InChI=1S/C11H19N3O/c1-3-15-10-4-8-6-11(2,13-14-12)7-9(8)5-10/h8-10H,3-7H2,1-2H3/t8-,9+,10?,11?. The van der Waals surface area contributed by atoms with Crippen LogP contribution < -0.4 is 0 Å². The fraction of sp³-hybridized carbons (Fsp3) is 1.00. The molecule has 4 nitrogen and oxygen atoms in total. The lowest BCUT2D eigenvalue weighted by Gasteiger charge is -2.19. The van der Waals surface area contributed by atoms with Gasteiger partial charge in [-0.1, -0.05) is 12.0 Å². The van der Waals surface area contributed by atoms with Gasteiger partial charge in [0.1, 0.15) is 0 Å². The average Bonchev–Trinajstić information content (AvgIpc) is 2.59. The molecule has 2 rings (SSSR count). The maximum Gasteiger partial charge on any atom is 0.0580 e. The summed E-state index contributed by atoms with van der Waals surface area (Å²) >= 11 is 0. The molecule has 0 N–H and O–H groups in total. The first kappa shape index (κ1) is 10.8. The minimum atomic E-state index is -0.124. The molecule has 0 heterocycles. The Morgan fingerprint density at radius 3 is 2.47 bits per heavy atom. The van der Waals surface area contributed by atoms with Crippen molar-refractivity contribution in [2.75, 3.05) is 6.61 Å². The summed E-state index contributed by atoms with van der Waals surface area (Å²) in [5.74, 6) is 1.44. The number of rotatable bonds is 3. The van der Waals surface area contributed by atoms with Gasteiger partial charge in [-0.3, -0.25) is 0 Å². The molecule has 84 valence electrons. The van der Waals surface area contributed by atoms with E-state index in [1.54, 1.807) is 0 Å². The first-order valence-electron chi connectivity index (χ1n) is 5.85. The van der Waals surface area contributed by atoms with Gasteiger partial charge in [0, 0.05) is 17.1 Å². The van der Waals surface area contributed by atoms with Crippen molar-refractivity contribution in [3.63, 3.8) is 0 Å². The molecule has 0 aliphatic heterocycles. The van der Waals surface area contributed by atoms with Gasteiger partial charge in [0.05, 0.1) is 6.10 Å². The molecular weight excluding hydrogens is 190 g/mol. The molecule has 0 aromatic rings. The fourth-order valence-corrected chi connectivity index (χ4v) is 3.43. The Morgan fingerprint density at radius 2 is 2.00 bits per heavy atom. The predicted molar refractivity (Wildman–Crippen MR) is 58.4 cm³/mol. The van der Waals surface area contributed by atoms with E-state index in [9.17, 15) is 0 Å². The van der Waals surface area contributed by atoms with E-state index in [0.29, 0.717) is 6.10 Å². The molecule has 0 aromatic heterocycles. The van der Waals surface area contributed by atoms with Gasteiger partial charge in [-0.25, -0.2) is 0 Å². The van der Waals surface area contributed by atoms with Crippen molar-refractivity contribution in [2.24, 2.45) is 17.0 Å². The second kappa shape index (κ2) is 4.03. The third kappa shape index (κ3) is 2.11. The van der Waals surface area contributed by atoms with Crippen LogP contribution in [0.25, 0.3) is 10.4 Å². The van der Waals surface area contributed by atoms with Crippen LogP contribution in [-0.2, 0) is 4.74 Å². The maximum absolute atomic E-state index is 8.52. The van der Waals surface area contributed by atoms with Gasteiger partial charge in [-0.15, -0.1) is 0 Å². The SMILES string of the molecule is CCOC1C[C@@H]2CC(C)(N=[N+]=[N-])C[C@@H]2C1. The molecule has 2 unspecified atom stereocenters. The molecule has 0 spiro atoms. The van der Waals surface area contributed by atoms with Crippen molar-refractivity contribution < 1.29 is 4.74 Å². The normalized spacial score (nSPS) is 43.7. The number of hydrogen-bond acceptors (Lipinski definition) is 2. The van der Waals surface area contributed by atoms with E-state index in [0.717, 1.165) is 44.1 Å². The number of nitrogens with zero attached hydrogens (tertiary/aromatic N) is 3. The van der Waals surface area contributed by atoms with Crippen LogP contribution in [0.3, 0.4) is 0 Å². The summed E-state index contributed by atoms with van der Waals surface area (Å²) < 4.78 is 5.66. The van der Waals surface area contributed by atoms with Crippen molar-refractivity contribution in [1.29, 1.82) is 0 Å². The van der Waals surface area contributed by atoms with Gasteiger partial charge in [-0.05, 0) is 50.0 Å². The summed E-state index contributed by atoms with van der Waals surface area (Å²) in [7, 11) is 0. The molecule has 4 atom stereocenters. The Kier molecular flexibility index (Phi) is 2.89. The summed E-state index contributed by atoms with van der Waals surface area (Å²) in [5.41, 5.74) is 8.40. The Balaban J connectivity index is 1.95. The monoisotopic (exact) mass is 209 g/mol. The van der Waals surface area contributed by atoms with E-state index in [1.807, 2.05) is 0 Å². The molecule has 0 aromatic carbocycles. The summed E-state index contributed by atoms with van der Waals surface area (Å²) in [4.78, 5) is 2.97. The van der Waals surface area contributed by atoms with Crippen LogP contribution in [0.4, 0.5) is 0 Å². The summed E-state index contributed by atoms with van der Waals surface area (Å²) in [5, 5.41) is 3.95. The summed E-state index contributed by atoms with van der Waals surface area (Å²) in [6, 6.07) is 0. The van der Waals surface area contributed by atoms with Gasteiger partial charge in [0.15, 0.2) is 0 Å².